The Kier molecular flexibility index (Phi) is 7.81. The molecule has 1 aromatic carbocycles. The van der Waals surface area contributed by atoms with Crippen LogP contribution in [0.3, 0.4) is 0 Å². The van der Waals surface area contributed by atoms with Gasteiger partial charge in [-0.15, -0.1) is 0 Å². The largest absolute Gasteiger partial charge is 0.381 e. The highest BCUT2D eigenvalue weighted by Gasteiger charge is 2.24. The third kappa shape index (κ3) is 5.47. The number of rotatable bonds is 3. The van der Waals surface area contributed by atoms with Crippen molar-refractivity contribution in [2.24, 2.45) is 0 Å². The first-order chi connectivity index (χ1) is 16.1. The molecular weight excluding hydrogens is 410 g/mol. The summed E-state index contributed by atoms with van der Waals surface area (Å²) in [6.07, 6.45) is 10.5. The quantitative estimate of drug-likeness (QED) is 0.668. The highest BCUT2D eigenvalue weighted by molar-refractivity contribution is 5.97. The van der Waals surface area contributed by atoms with Crippen molar-refractivity contribution in [1.29, 1.82) is 0 Å². The van der Waals surface area contributed by atoms with Gasteiger partial charge in [-0.25, -0.2) is 0 Å². The smallest absolute Gasteiger partial charge is 0.251 e. The van der Waals surface area contributed by atoms with Crippen LogP contribution in [0.5, 0.6) is 0 Å². The summed E-state index contributed by atoms with van der Waals surface area (Å²) in [6, 6.07) is 8.82. The molecule has 0 atom stereocenters. The minimum absolute atomic E-state index is 0.00606. The highest BCUT2D eigenvalue weighted by Crippen LogP contribution is 2.30. The summed E-state index contributed by atoms with van der Waals surface area (Å²) in [5.74, 6) is -0.00606. The predicted octanol–water partition coefficient (Wildman–Crippen LogP) is 5.07. The zero-order valence-electron chi connectivity index (χ0n) is 20.3. The van der Waals surface area contributed by atoms with Crippen LogP contribution in [0, 0.1) is 13.8 Å². The number of hydrogen-bond donors (Lipinski definition) is 1. The number of pyridine rings is 1. The molecule has 0 saturated carbocycles. The number of aryl methyl sites for hydroxylation is 3. The van der Waals surface area contributed by atoms with Crippen molar-refractivity contribution < 1.29 is 9.53 Å². The van der Waals surface area contributed by atoms with E-state index in [1.54, 1.807) is 0 Å². The van der Waals surface area contributed by atoms with Crippen molar-refractivity contribution in [3.8, 4) is 0 Å². The Labute approximate surface area is 198 Å². The number of amides is 1. The van der Waals surface area contributed by atoms with Crippen molar-refractivity contribution in [3.63, 3.8) is 0 Å². The molecular formula is C28H37N3O2. The fraction of sp³-hybridized carbons (Fsp3) is 0.500. The normalized spacial score (nSPS) is 18.7. The second-order valence-corrected chi connectivity index (χ2v) is 9.17. The molecule has 3 heterocycles. The molecule has 0 unspecified atom stereocenters. The predicted molar refractivity (Wildman–Crippen MR) is 134 cm³/mol. The first-order valence-corrected chi connectivity index (χ1v) is 12.4. The Morgan fingerprint density at radius 2 is 1.97 bits per heavy atom. The van der Waals surface area contributed by atoms with Crippen LogP contribution >= 0.6 is 0 Å². The second kappa shape index (κ2) is 11.0. The van der Waals surface area contributed by atoms with Crippen LogP contribution in [-0.4, -0.2) is 36.7 Å². The molecule has 0 spiro atoms. The van der Waals surface area contributed by atoms with Crippen molar-refractivity contribution in [2.75, 3.05) is 24.7 Å². The lowest BCUT2D eigenvalue weighted by Crippen LogP contribution is -2.40. The Morgan fingerprint density at radius 1 is 1.15 bits per heavy atom. The summed E-state index contributed by atoms with van der Waals surface area (Å²) in [7, 11) is 0. The summed E-state index contributed by atoms with van der Waals surface area (Å²) < 4.78 is 5.60. The maximum Gasteiger partial charge on any atom is 0.251 e. The molecule has 1 aromatic heterocycles. The fourth-order valence-corrected chi connectivity index (χ4v) is 5.29. The molecule has 2 aromatic rings. The summed E-state index contributed by atoms with van der Waals surface area (Å²) in [5, 5.41) is 3.22. The summed E-state index contributed by atoms with van der Waals surface area (Å²) in [4.78, 5) is 20.6. The lowest BCUT2D eigenvalue weighted by Gasteiger charge is -2.37. The number of aromatic nitrogens is 1. The monoisotopic (exact) mass is 447 g/mol. The third-order valence-electron chi connectivity index (χ3n) is 6.96. The van der Waals surface area contributed by atoms with E-state index in [1.165, 1.54) is 11.3 Å². The van der Waals surface area contributed by atoms with Gasteiger partial charge in [0.25, 0.3) is 5.91 Å². The first kappa shape index (κ1) is 23.5. The van der Waals surface area contributed by atoms with Gasteiger partial charge in [-0.05, 0) is 94.2 Å². The van der Waals surface area contributed by atoms with Crippen molar-refractivity contribution in [3.05, 3.63) is 70.1 Å². The SMILES string of the molecule is CCN(c1cccc2c1C/C=C\CCCc1cc(C)nc(C)c1CNC2=O)C1CCOCC1. The molecule has 1 saturated heterocycles. The van der Waals surface area contributed by atoms with Gasteiger partial charge in [0.2, 0.25) is 0 Å². The Hall–Kier alpha value is -2.66. The fourth-order valence-electron chi connectivity index (χ4n) is 5.29. The number of carbonyl (C=O) groups is 1. The number of fused-ring (bicyclic) bond motifs is 2. The van der Waals surface area contributed by atoms with Crippen molar-refractivity contribution in [1.82, 2.24) is 10.3 Å². The molecule has 5 nitrogen and oxygen atoms in total. The number of benzene rings is 1. The van der Waals surface area contributed by atoms with E-state index in [2.05, 4.69) is 53.3 Å². The van der Waals surface area contributed by atoms with Gasteiger partial charge in [0.1, 0.15) is 0 Å². The summed E-state index contributed by atoms with van der Waals surface area (Å²) in [5.41, 5.74) is 7.61. The minimum atomic E-state index is -0.00606. The molecule has 1 N–H and O–H groups in total. The van der Waals surface area contributed by atoms with Gasteiger partial charge in [-0.2, -0.15) is 0 Å². The molecule has 2 aliphatic heterocycles. The first-order valence-electron chi connectivity index (χ1n) is 12.4. The van der Waals surface area contributed by atoms with E-state index < -0.39 is 0 Å². The van der Waals surface area contributed by atoms with Crippen LogP contribution in [0.1, 0.15) is 71.0 Å². The molecule has 0 bridgehead atoms. The standard InChI is InChI=1S/C28H37N3O2/c1-4-31(23-14-16-33-17-15-23)27-13-9-12-25-24(27)11-8-6-5-7-10-22-18-20(2)30-21(3)26(22)19-29-28(25)32/h6,8-9,12-13,18,23H,4-5,7,10-11,14-17,19H2,1-3H3,(H,29,32)/b8-6-. The molecule has 1 amide bonds. The molecule has 4 rings (SSSR count). The average Bonchev–Trinajstić information content (AvgIpc) is 2.83. The van der Waals surface area contributed by atoms with Crippen LogP contribution in [0.15, 0.2) is 36.4 Å². The van der Waals surface area contributed by atoms with Gasteiger partial charge in [0.05, 0.1) is 0 Å². The van der Waals surface area contributed by atoms with Crippen LogP contribution in [0.4, 0.5) is 5.69 Å². The zero-order valence-corrected chi connectivity index (χ0v) is 20.3. The third-order valence-corrected chi connectivity index (χ3v) is 6.96. The Morgan fingerprint density at radius 3 is 2.76 bits per heavy atom. The molecule has 1 fully saturated rings. The van der Waals surface area contributed by atoms with E-state index in [9.17, 15) is 4.79 Å². The highest BCUT2D eigenvalue weighted by atomic mass is 16.5. The van der Waals surface area contributed by atoms with E-state index in [4.69, 9.17) is 4.74 Å². The number of ether oxygens (including phenoxy) is 1. The Balaban J connectivity index is 1.69. The average molecular weight is 448 g/mol. The van der Waals surface area contributed by atoms with Gasteiger partial charge in [0.15, 0.2) is 0 Å². The molecule has 0 radical (unpaired) electrons. The van der Waals surface area contributed by atoms with Gasteiger partial charge in [-0.3, -0.25) is 9.78 Å². The number of anilines is 1. The lowest BCUT2D eigenvalue weighted by atomic mass is 9.97. The van der Waals surface area contributed by atoms with Gasteiger partial charge in [-0.1, -0.05) is 18.2 Å². The van der Waals surface area contributed by atoms with Crippen LogP contribution in [0.25, 0.3) is 0 Å². The zero-order chi connectivity index (χ0) is 23.2. The summed E-state index contributed by atoms with van der Waals surface area (Å²) >= 11 is 0. The number of carbonyl (C=O) groups excluding carboxylic acids is 1. The van der Waals surface area contributed by atoms with E-state index in [1.807, 2.05) is 19.1 Å². The number of allylic oxidation sites excluding steroid dienone is 2. The molecule has 5 heteroatoms. The van der Waals surface area contributed by atoms with Crippen LogP contribution in [0.2, 0.25) is 0 Å². The maximum atomic E-state index is 13.4. The molecule has 33 heavy (non-hydrogen) atoms. The topological polar surface area (TPSA) is 54.5 Å². The maximum absolute atomic E-state index is 13.4. The molecule has 176 valence electrons. The Bertz CT molecular complexity index is 1010. The van der Waals surface area contributed by atoms with Crippen molar-refractivity contribution >= 4 is 11.6 Å². The van der Waals surface area contributed by atoms with E-state index in [0.29, 0.717) is 12.6 Å². The minimum Gasteiger partial charge on any atom is -0.381 e. The van der Waals surface area contributed by atoms with E-state index in [-0.39, 0.29) is 5.91 Å². The number of nitrogens with one attached hydrogen (secondary N) is 1. The summed E-state index contributed by atoms with van der Waals surface area (Å²) in [6.45, 7) is 9.36. The van der Waals surface area contributed by atoms with E-state index >= 15 is 0 Å². The molecule has 0 aliphatic carbocycles. The van der Waals surface area contributed by atoms with E-state index in [0.717, 1.165) is 86.4 Å². The van der Waals surface area contributed by atoms with Gasteiger partial charge >= 0.3 is 0 Å². The van der Waals surface area contributed by atoms with Gasteiger partial charge in [0, 0.05) is 55.0 Å². The lowest BCUT2D eigenvalue weighted by molar-refractivity contribution is 0.0845. The van der Waals surface area contributed by atoms with Crippen LogP contribution < -0.4 is 10.2 Å². The number of nitrogens with zero attached hydrogens (tertiary/aromatic N) is 2. The van der Waals surface area contributed by atoms with Gasteiger partial charge < -0.3 is 15.0 Å². The molecule has 2 aliphatic rings. The second-order valence-electron chi connectivity index (χ2n) is 9.17. The van der Waals surface area contributed by atoms with Crippen LogP contribution in [-0.2, 0) is 24.1 Å². The number of hydrogen-bond acceptors (Lipinski definition) is 4. The van der Waals surface area contributed by atoms with Crippen molar-refractivity contribution in [2.45, 2.75) is 71.9 Å².